The Bertz CT molecular complexity index is 903. The summed E-state index contributed by atoms with van der Waals surface area (Å²) in [5, 5.41) is 4.67. The van der Waals surface area contributed by atoms with Gasteiger partial charge in [0.2, 0.25) is 11.8 Å². The average molecular weight is 449 g/mol. The molecular weight excluding hydrogens is 420 g/mol. The molecule has 2 aliphatic heterocycles. The Morgan fingerprint density at radius 2 is 1.84 bits per heavy atom. The molecule has 2 N–H and O–H groups in total. The minimum Gasteiger partial charge on any atom is -0.347 e. The second-order valence-electron chi connectivity index (χ2n) is 9.47. The molecule has 32 heavy (non-hydrogen) atoms. The fourth-order valence-corrected chi connectivity index (χ4v) is 5.16. The Labute approximate surface area is 185 Å². The molecule has 4 rings (SSSR count). The van der Waals surface area contributed by atoms with Gasteiger partial charge in [-0.1, -0.05) is 31.4 Å². The first-order valence-electron chi connectivity index (χ1n) is 11.4. The lowest BCUT2D eigenvalue weighted by atomic mass is 9.79. The highest BCUT2D eigenvalue weighted by Gasteiger charge is 2.47. The number of halogens is 2. The van der Waals surface area contributed by atoms with Crippen molar-refractivity contribution in [1.82, 2.24) is 15.5 Å². The van der Waals surface area contributed by atoms with Crippen LogP contribution in [-0.4, -0.2) is 53.6 Å². The summed E-state index contributed by atoms with van der Waals surface area (Å²) < 4.78 is 29.2. The number of piperidine rings is 1. The molecule has 1 unspecified atom stereocenters. The van der Waals surface area contributed by atoms with Crippen LogP contribution in [0.2, 0.25) is 0 Å². The lowest BCUT2D eigenvalue weighted by Crippen LogP contribution is -2.53. The first-order valence-corrected chi connectivity index (χ1v) is 11.4. The predicted molar refractivity (Wildman–Crippen MR) is 111 cm³/mol. The third-order valence-corrected chi connectivity index (χ3v) is 7.22. The molecule has 1 saturated heterocycles. The lowest BCUT2D eigenvalue weighted by Gasteiger charge is -2.31. The van der Waals surface area contributed by atoms with Crippen molar-refractivity contribution in [3.05, 3.63) is 22.8 Å². The van der Waals surface area contributed by atoms with Crippen LogP contribution in [0.5, 0.6) is 0 Å². The van der Waals surface area contributed by atoms with Crippen molar-refractivity contribution in [2.24, 2.45) is 11.8 Å². The van der Waals surface area contributed by atoms with Crippen LogP contribution in [0.3, 0.4) is 0 Å². The Morgan fingerprint density at radius 1 is 1.12 bits per heavy atom. The Kier molecular flexibility index (Phi) is 6.18. The monoisotopic (exact) mass is 449 g/mol. The Hall–Kier alpha value is -2.58. The lowest BCUT2D eigenvalue weighted by molar-refractivity contribution is -0.156. The van der Waals surface area contributed by atoms with Crippen LogP contribution in [0.15, 0.2) is 22.8 Å². The Balaban J connectivity index is 1.35. The molecule has 1 saturated carbocycles. The maximum absolute atomic E-state index is 14.6. The van der Waals surface area contributed by atoms with E-state index in [9.17, 15) is 28.0 Å². The minimum absolute atomic E-state index is 0.0148. The van der Waals surface area contributed by atoms with Gasteiger partial charge in [0, 0.05) is 31.0 Å². The second-order valence-corrected chi connectivity index (χ2v) is 9.47. The highest BCUT2D eigenvalue weighted by atomic mass is 19.3. The third-order valence-electron chi connectivity index (χ3n) is 7.22. The number of hydrogen-bond acceptors (Lipinski definition) is 4. The molecule has 2 aliphatic carbocycles. The van der Waals surface area contributed by atoms with E-state index < -0.39 is 29.7 Å². The molecule has 1 atom stereocenters. The van der Waals surface area contributed by atoms with Gasteiger partial charge < -0.3 is 10.2 Å². The molecule has 0 aromatic heterocycles. The fourth-order valence-electron chi connectivity index (χ4n) is 5.16. The smallest absolute Gasteiger partial charge is 0.327 e. The van der Waals surface area contributed by atoms with Gasteiger partial charge in [0.1, 0.15) is 6.04 Å². The van der Waals surface area contributed by atoms with Crippen molar-refractivity contribution in [3.8, 4) is 0 Å². The SMILES string of the molecule is CC1CCC(C(F)(F)C(=O)NCC2=CC3=C(CC2)C(=O)N(C2CCC(=O)NC2=O)C3)CC1. The zero-order valence-electron chi connectivity index (χ0n) is 18.2. The van der Waals surface area contributed by atoms with Gasteiger partial charge in [0.05, 0.1) is 0 Å². The fraction of sp³-hybridized carbons (Fsp3) is 0.652. The van der Waals surface area contributed by atoms with Crippen LogP contribution in [-0.2, 0) is 19.2 Å². The van der Waals surface area contributed by atoms with Crippen LogP contribution < -0.4 is 10.6 Å². The van der Waals surface area contributed by atoms with Crippen molar-refractivity contribution >= 4 is 23.6 Å². The number of alkyl halides is 2. The molecule has 4 aliphatic rings. The summed E-state index contributed by atoms with van der Waals surface area (Å²) in [6, 6.07) is -0.681. The molecule has 2 heterocycles. The number of imide groups is 1. The van der Waals surface area contributed by atoms with Crippen LogP contribution in [0.1, 0.15) is 58.3 Å². The maximum atomic E-state index is 14.6. The van der Waals surface area contributed by atoms with E-state index in [1.807, 2.05) is 6.92 Å². The van der Waals surface area contributed by atoms with E-state index >= 15 is 0 Å². The molecule has 4 amide bonds. The number of carbonyl (C=O) groups excluding carboxylic acids is 4. The Morgan fingerprint density at radius 3 is 2.53 bits per heavy atom. The van der Waals surface area contributed by atoms with Gasteiger partial charge in [-0.2, -0.15) is 8.78 Å². The molecule has 0 bridgehead atoms. The zero-order chi connectivity index (χ0) is 23.0. The van der Waals surface area contributed by atoms with Gasteiger partial charge in [0.15, 0.2) is 0 Å². The minimum atomic E-state index is -3.38. The van der Waals surface area contributed by atoms with Crippen molar-refractivity contribution in [3.63, 3.8) is 0 Å². The molecule has 0 aromatic rings. The van der Waals surface area contributed by atoms with Gasteiger partial charge >= 0.3 is 5.92 Å². The standard InChI is InChI=1S/C23H29F2N3O4/c1-13-2-5-16(6-3-13)23(24,25)22(32)26-11-14-4-7-17-15(10-14)12-28(21(17)31)18-8-9-19(29)27-20(18)30/h10,13,16,18H,2-9,11-12H2,1H3,(H,26,32)(H,27,29,30). The number of amides is 4. The summed E-state index contributed by atoms with van der Waals surface area (Å²) in [5.74, 6) is -6.13. The molecule has 0 radical (unpaired) electrons. The summed E-state index contributed by atoms with van der Waals surface area (Å²) in [6.45, 7) is 2.30. The highest BCUT2D eigenvalue weighted by Crippen LogP contribution is 2.39. The van der Waals surface area contributed by atoms with E-state index in [0.717, 1.165) is 11.1 Å². The molecule has 0 spiro atoms. The first-order chi connectivity index (χ1) is 15.2. The van der Waals surface area contributed by atoms with E-state index in [-0.39, 0.29) is 31.3 Å². The van der Waals surface area contributed by atoms with E-state index in [1.165, 1.54) is 4.90 Å². The van der Waals surface area contributed by atoms with Crippen LogP contribution >= 0.6 is 0 Å². The van der Waals surface area contributed by atoms with E-state index in [1.54, 1.807) is 6.08 Å². The van der Waals surface area contributed by atoms with Gasteiger partial charge in [0.25, 0.3) is 11.8 Å². The van der Waals surface area contributed by atoms with E-state index in [2.05, 4.69) is 10.6 Å². The zero-order valence-corrected chi connectivity index (χ0v) is 18.2. The third kappa shape index (κ3) is 4.34. The van der Waals surface area contributed by atoms with Crippen LogP contribution in [0, 0.1) is 11.8 Å². The average Bonchev–Trinajstić information content (AvgIpc) is 3.08. The summed E-state index contributed by atoms with van der Waals surface area (Å²) in [7, 11) is 0. The largest absolute Gasteiger partial charge is 0.347 e. The maximum Gasteiger partial charge on any atom is 0.327 e. The van der Waals surface area contributed by atoms with Gasteiger partial charge in [-0.15, -0.1) is 0 Å². The van der Waals surface area contributed by atoms with E-state index in [0.29, 0.717) is 56.4 Å². The van der Waals surface area contributed by atoms with Gasteiger partial charge in [-0.25, -0.2) is 0 Å². The number of carbonyl (C=O) groups is 4. The number of nitrogens with one attached hydrogen (secondary N) is 2. The number of nitrogens with zero attached hydrogens (tertiary/aromatic N) is 1. The topological polar surface area (TPSA) is 95.6 Å². The van der Waals surface area contributed by atoms with Crippen molar-refractivity contribution in [1.29, 1.82) is 0 Å². The quantitative estimate of drug-likeness (QED) is 0.630. The normalized spacial score (nSPS) is 29.0. The summed E-state index contributed by atoms with van der Waals surface area (Å²) in [6.07, 6.45) is 5.34. The van der Waals surface area contributed by atoms with Crippen LogP contribution in [0.25, 0.3) is 0 Å². The van der Waals surface area contributed by atoms with Crippen LogP contribution in [0.4, 0.5) is 8.78 Å². The highest BCUT2D eigenvalue weighted by molar-refractivity contribution is 6.05. The molecule has 9 heteroatoms. The summed E-state index contributed by atoms with van der Waals surface area (Å²) in [5.41, 5.74) is 2.15. The van der Waals surface area contributed by atoms with Crippen molar-refractivity contribution in [2.75, 3.05) is 13.1 Å². The molecular formula is C23H29F2N3O4. The summed E-state index contributed by atoms with van der Waals surface area (Å²) >= 11 is 0. The first kappa shape index (κ1) is 22.6. The number of rotatable bonds is 5. The van der Waals surface area contributed by atoms with Crippen molar-refractivity contribution < 1.29 is 28.0 Å². The molecule has 0 aromatic carbocycles. The molecule has 2 fully saturated rings. The number of hydrogen-bond donors (Lipinski definition) is 2. The van der Waals surface area contributed by atoms with Gasteiger partial charge in [-0.3, -0.25) is 24.5 Å². The second kappa shape index (κ2) is 8.75. The predicted octanol–water partition coefficient (Wildman–Crippen LogP) is 2.23. The van der Waals surface area contributed by atoms with E-state index in [4.69, 9.17) is 0 Å². The molecule has 174 valence electrons. The van der Waals surface area contributed by atoms with Crippen molar-refractivity contribution in [2.45, 2.75) is 70.3 Å². The summed E-state index contributed by atoms with van der Waals surface area (Å²) in [4.78, 5) is 50.0. The van der Waals surface area contributed by atoms with Gasteiger partial charge in [-0.05, 0) is 43.6 Å². The molecule has 7 nitrogen and oxygen atoms in total.